The molecule has 0 bridgehead atoms. The normalized spacial score (nSPS) is 16.5. The van der Waals surface area contributed by atoms with Crippen LogP contribution >= 0.6 is 11.3 Å². The van der Waals surface area contributed by atoms with Crippen LogP contribution in [0.15, 0.2) is 30.3 Å². The Morgan fingerprint density at radius 3 is 2.71 bits per heavy atom. The first-order valence-corrected chi connectivity index (χ1v) is 9.44. The third-order valence-electron chi connectivity index (χ3n) is 4.31. The second kappa shape index (κ2) is 8.24. The maximum atomic E-state index is 12.4. The maximum Gasteiger partial charge on any atom is 0.267 e. The van der Waals surface area contributed by atoms with Gasteiger partial charge in [0.05, 0.1) is 0 Å². The topological polar surface area (TPSA) is 64.1 Å². The number of aromatic nitrogens is 2. The van der Waals surface area contributed by atoms with E-state index >= 15 is 0 Å². The van der Waals surface area contributed by atoms with Crippen molar-refractivity contribution in [3.8, 4) is 5.75 Å². The monoisotopic (exact) mass is 345 g/mol. The number of benzene rings is 1. The lowest BCUT2D eigenvalue weighted by molar-refractivity contribution is -0.122. The molecule has 1 aromatic heterocycles. The van der Waals surface area contributed by atoms with E-state index in [9.17, 15) is 4.79 Å². The molecule has 24 heavy (non-hydrogen) atoms. The minimum absolute atomic E-state index is 0.173. The van der Waals surface area contributed by atoms with Gasteiger partial charge in [0, 0.05) is 5.92 Å². The molecule has 5 nitrogen and oxygen atoms in total. The predicted octanol–water partition coefficient (Wildman–Crippen LogP) is 4.38. The summed E-state index contributed by atoms with van der Waals surface area (Å²) in [6.07, 6.45) is 6.25. The highest BCUT2D eigenvalue weighted by Crippen LogP contribution is 2.35. The fourth-order valence-corrected chi connectivity index (χ4v) is 3.89. The van der Waals surface area contributed by atoms with Crippen LogP contribution in [0.1, 0.15) is 56.4 Å². The summed E-state index contributed by atoms with van der Waals surface area (Å²) >= 11 is 1.49. The molecular weight excluding hydrogens is 322 g/mol. The van der Waals surface area contributed by atoms with Crippen LogP contribution in [0.3, 0.4) is 0 Å². The number of amides is 1. The molecule has 1 N–H and O–H groups in total. The van der Waals surface area contributed by atoms with Crippen LogP contribution in [0.25, 0.3) is 0 Å². The van der Waals surface area contributed by atoms with Gasteiger partial charge in [-0.2, -0.15) is 0 Å². The minimum atomic E-state index is -0.533. The van der Waals surface area contributed by atoms with Crippen LogP contribution in [0.2, 0.25) is 0 Å². The maximum absolute atomic E-state index is 12.4. The lowest BCUT2D eigenvalue weighted by atomic mass is 9.90. The van der Waals surface area contributed by atoms with Gasteiger partial charge in [0.25, 0.3) is 5.91 Å². The number of carbonyl (C=O) groups excluding carboxylic acids is 1. The van der Waals surface area contributed by atoms with E-state index in [1.54, 1.807) is 0 Å². The molecule has 0 radical (unpaired) electrons. The molecule has 1 amide bonds. The first-order valence-electron chi connectivity index (χ1n) is 8.62. The van der Waals surface area contributed by atoms with E-state index in [0.717, 1.165) is 5.01 Å². The van der Waals surface area contributed by atoms with Gasteiger partial charge in [0.2, 0.25) is 5.13 Å². The van der Waals surface area contributed by atoms with Crippen molar-refractivity contribution in [1.29, 1.82) is 0 Å². The van der Waals surface area contributed by atoms with E-state index in [-0.39, 0.29) is 5.91 Å². The molecule has 0 spiro atoms. The van der Waals surface area contributed by atoms with Crippen molar-refractivity contribution in [2.24, 2.45) is 0 Å². The van der Waals surface area contributed by atoms with E-state index in [2.05, 4.69) is 15.5 Å². The Morgan fingerprint density at radius 2 is 2.00 bits per heavy atom. The largest absolute Gasteiger partial charge is 0.481 e. The Bertz CT molecular complexity index is 653. The van der Waals surface area contributed by atoms with Gasteiger partial charge in [-0.1, -0.05) is 55.7 Å². The van der Waals surface area contributed by atoms with Crippen LogP contribution in [0.5, 0.6) is 5.75 Å². The Hall–Kier alpha value is -1.95. The number of nitrogens with zero attached hydrogens (tertiary/aromatic N) is 2. The molecule has 1 fully saturated rings. The van der Waals surface area contributed by atoms with Gasteiger partial charge in [-0.05, 0) is 31.4 Å². The quantitative estimate of drug-likeness (QED) is 0.844. The number of hydrogen-bond acceptors (Lipinski definition) is 5. The zero-order valence-corrected chi connectivity index (χ0v) is 14.7. The van der Waals surface area contributed by atoms with E-state index in [1.807, 2.05) is 37.3 Å². The molecule has 0 saturated heterocycles. The molecule has 2 aromatic rings. The molecule has 128 valence electrons. The van der Waals surface area contributed by atoms with Crippen molar-refractivity contribution in [1.82, 2.24) is 10.2 Å². The average Bonchev–Trinajstić information content (AvgIpc) is 3.09. The summed E-state index contributed by atoms with van der Waals surface area (Å²) in [4.78, 5) is 12.4. The van der Waals surface area contributed by atoms with Crippen molar-refractivity contribution in [2.75, 3.05) is 5.32 Å². The van der Waals surface area contributed by atoms with Gasteiger partial charge in [0.15, 0.2) is 6.10 Å². The predicted molar refractivity (Wildman–Crippen MR) is 95.5 cm³/mol. The first kappa shape index (κ1) is 16.9. The molecule has 0 aliphatic heterocycles. The van der Waals surface area contributed by atoms with E-state index in [4.69, 9.17) is 4.74 Å². The molecule has 1 heterocycles. The van der Waals surface area contributed by atoms with E-state index in [0.29, 0.717) is 23.2 Å². The van der Waals surface area contributed by atoms with Gasteiger partial charge < -0.3 is 4.74 Å². The number of para-hydroxylation sites is 1. The number of rotatable bonds is 6. The van der Waals surface area contributed by atoms with Crippen LogP contribution in [-0.4, -0.2) is 22.2 Å². The summed E-state index contributed by atoms with van der Waals surface area (Å²) in [5.41, 5.74) is 0. The molecule has 1 atom stereocenters. The van der Waals surface area contributed by atoms with Gasteiger partial charge in [-0.15, -0.1) is 10.2 Å². The lowest BCUT2D eigenvalue weighted by Crippen LogP contribution is -2.32. The molecule has 3 rings (SSSR count). The highest BCUT2D eigenvalue weighted by molar-refractivity contribution is 7.15. The Kier molecular flexibility index (Phi) is 5.80. The Labute approximate surface area is 146 Å². The van der Waals surface area contributed by atoms with Crippen molar-refractivity contribution in [3.63, 3.8) is 0 Å². The average molecular weight is 345 g/mol. The number of anilines is 1. The number of ether oxygens (including phenoxy) is 1. The SMILES string of the molecule is CC[C@@H](Oc1ccccc1)C(=O)Nc1nnc(C2CCCCC2)s1. The Morgan fingerprint density at radius 1 is 1.25 bits per heavy atom. The first-order chi connectivity index (χ1) is 11.8. The van der Waals surface area contributed by atoms with Crippen LogP contribution in [-0.2, 0) is 4.79 Å². The molecule has 1 aliphatic carbocycles. The zero-order valence-electron chi connectivity index (χ0n) is 13.9. The van der Waals surface area contributed by atoms with Crippen molar-refractivity contribution < 1.29 is 9.53 Å². The molecule has 1 saturated carbocycles. The number of hydrogen-bond donors (Lipinski definition) is 1. The van der Waals surface area contributed by atoms with Gasteiger partial charge in [0.1, 0.15) is 10.8 Å². The third kappa shape index (κ3) is 4.32. The summed E-state index contributed by atoms with van der Waals surface area (Å²) in [6, 6.07) is 9.40. The summed E-state index contributed by atoms with van der Waals surface area (Å²) in [5.74, 6) is 1.02. The summed E-state index contributed by atoms with van der Waals surface area (Å²) in [5, 5.41) is 12.9. The molecule has 1 aromatic carbocycles. The zero-order chi connectivity index (χ0) is 16.8. The van der Waals surface area contributed by atoms with Gasteiger partial charge >= 0.3 is 0 Å². The van der Waals surface area contributed by atoms with Gasteiger partial charge in [-0.25, -0.2) is 0 Å². The number of nitrogens with one attached hydrogen (secondary N) is 1. The summed E-state index contributed by atoms with van der Waals surface area (Å²) in [7, 11) is 0. The minimum Gasteiger partial charge on any atom is -0.481 e. The molecule has 6 heteroatoms. The molecular formula is C18H23N3O2S. The third-order valence-corrected chi connectivity index (χ3v) is 5.31. The van der Waals surface area contributed by atoms with Gasteiger partial charge in [-0.3, -0.25) is 10.1 Å². The fourth-order valence-electron chi connectivity index (χ4n) is 2.97. The summed E-state index contributed by atoms with van der Waals surface area (Å²) in [6.45, 7) is 1.93. The highest BCUT2D eigenvalue weighted by Gasteiger charge is 2.23. The fraction of sp³-hybridized carbons (Fsp3) is 0.500. The number of carbonyl (C=O) groups is 1. The van der Waals surface area contributed by atoms with Crippen molar-refractivity contribution >= 4 is 22.4 Å². The lowest BCUT2D eigenvalue weighted by Gasteiger charge is -2.18. The smallest absolute Gasteiger partial charge is 0.267 e. The highest BCUT2D eigenvalue weighted by atomic mass is 32.1. The van der Waals surface area contributed by atoms with E-state index in [1.165, 1.54) is 43.4 Å². The standard InChI is InChI=1S/C18H23N3O2S/c1-2-15(23-14-11-7-4-8-12-14)16(22)19-18-21-20-17(24-18)13-9-5-3-6-10-13/h4,7-8,11-13,15H,2-3,5-6,9-10H2,1H3,(H,19,21,22)/t15-/m1/s1. The van der Waals surface area contributed by atoms with E-state index < -0.39 is 6.10 Å². The summed E-state index contributed by atoms with van der Waals surface area (Å²) < 4.78 is 5.77. The second-order valence-electron chi connectivity index (χ2n) is 6.10. The van der Waals surface area contributed by atoms with Crippen LogP contribution in [0, 0.1) is 0 Å². The molecule has 1 aliphatic rings. The van der Waals surface area contributed by atoms with Crippen LogP contribution in [0.4, 0.5) is 5.13 Å². The van der Waals surface area contributed by atoms with Crippen LogP contribution < -0.4 is 10.1 Å². The Balaban J connectivity index is 1.59. The van der Waals surface area contributed by atoms with Crippen molar-refractivity contribution in [3.05, 3.63) is 35.3 Å². The molecule has 0 unspecified atom stereocenters. The van der Waals surface area contributed by atoms with Crippen molar-refractivity contribution in [2.45, 2.75) is 57.5 Å². The second-order valence-corrected chi connectivity index (χ2v) is 7.11.